The van der Waals surface area contributed by atoms with Gasteiger partial charge >= 0.3 is 0 Å². The Labute approximate surface area is 126 Å². The molecule has 6 nitrogen and oxygen atoms in total. The molecule has 0 aliphatic carbocycles. The van der Waals surface area contributed by atoms with E-state index in [2.05, 4.69) is 14.9 Å². The van der Waals surface area contributed by atoms with Gasteiger partial charge in [0.1, 0.15) is 10.7 Å². The maximum atomic E-state index is 7.06. The number of imidazole rings is 1. The van der Waals surface area contributed by atoms with E-state index in [9.17, 15) is 0 Å². The van der Waals surface area contributed by atoms with Crippen molar-refractivity contribution in [1.82, 2.24) is 14.5 Å². The normalized spacial score (nSPS) is 18.9. The van der Waals surface area contributed by atoms with E-state index in [1.54, 1.807) is 17.0 Å². The lowest BCUT2D eigenvalue weighted by atomic mass is 10.3. The molecule has 0 saturated carbocycles. The third kappa shape index (κ3) is 2.59. The Morgan fingerprint density at radius 2 is 2.35 bits per heavy atom. The molecule has 0 bridgehead atoms. The van der Waals surface area contributed by atoms with Gasteiger partial charge in [-0.3, -0.25) is 0 Å². The van der Waals surface area contributed by atoms with Crippen molar-refractivity contribution in [2.24, 2.45) is 0 Å². The molecule has 0 amide bonds. The molecule has 2 aromatic rings. The van der Waals surface area contributed by atoms with Crippen molar-refractivity contribution >= 4 is 28.5 Å². The average Bonchev–Trinajstić information content (AvgIpc) is 2.89. The summed E-state index contributed by atoms with van der Waals surface area (Å²) in [6, 6.07) is 1.80. The Morgan fingerprint density at radius 3 is 3.15 bits per heavy atom. The van der Waals surface area contributed by atoms with Crippen LogP contribution < -0.4 is 4.90 Å². The maximum absolute atomic E-state index is 7.06. The van der Waals surface area contributed by atoms with Crippen molar-refractivity contribution in [2.75, 3.05) is 44.8 Å². The summed E-state index contributed by atoms with van der Waals surface area (Å²) in [5, 5.41) is 0.373. The van der Waals surface area contributed by atoms with Gasteiger partial charge < -0.3 is 18.9 Å². The van der Waals surface area contributed by atoms with Crippen LogP contribution in [0.25, 0.3) is 11.2 Å². The monoisotopic (exact) mass is 299 g/mol. The molecule has 0 spiro atoms. The van der Waals surface area contributed by atoms with Crippen LogP contribution in [0, 0.1) is 0 Å². The largest absolute Gasteiger partial charge is 0.383 e. The molecule has 1 saturated heterocycles. The first-order chi connectivity index (χ1) is 10.9. The smallest absolute Gasteiger partial charge is 0.163 e. The lowest BCUT2D eigenvalue weighted by Crippen LogP contribution is -2.36. The average molecular weight is 300 g/mol. The highest BCUT2D eigenvalue weighted by atomic mass is 35.5. The maximum Gasteiger partial charge on any atom is 0.163 e. The molecule has 108 valence electrons. The van der Waals surface area contributed by atoms with Crippen LogP contribution in [0.1, 0.15) is 4.11 Å². The second-order valence-electron chi connectivity index (χ2n) is 4.52. The predicted octanol–water partition coefficient (Wildman–Crippen LogP) is 1.57. The van der Waals surface area contributed by atoms with Gasteiger partial charge in [0.25, 0.3) is 0 Å². The van der Waals surface area contributed by atoms with Crippen molar-refractivity contribution in [1.29, 1.82) is 0 Å². The van der Waals surface area contributed by atoms with Gasteiger partial charge in [-0.2, -0.15) is 0 Å². The number of halogens is 1. The van der Waals surface area contributed by atoms with Crippen LogP contribution in [0.4, 0.5) is 5.69 Å². The quantitative estimate of drug-likeness (QED) is 0.802. The molecule has 3 heterocycles. The molecule has 7 heteroatoms. The topological polar surface area (TPSA) is 52.4 Å². The van der Waals surface area contributed by atoms with E-state index in [4.69, 9.17) is 25.2 Å². The third-order valence-corrected chi connectivity index (χ3v) is 3.50. The van der Waals surface area contributed by atoms with E-state index in [1.165, 1.54) is 0 Å². The van der Waals surface area contributed by atoms with Gasteiger partial charge in [-0.05, 0) is 0 Å². The molecule has 20 heavy (non-hydrogen) atoms. The van der Waals surface area contributed by atoms with E-state index in [0.29, 0.717) is 30.6 Å². The number of aromatic nitrogens is 3. The summed E-state index contributed by atoms with van der Waals surface area (Å²) in [6.45, 7) is 3.24. The van der Waals surface area contributed by atoms with Crippen LogP contribution in [0.15, 0.2) is 12.4 Å². The van der Waals surface area contributed by atoms with Crippen LogP contribution >= 0.6 is 11.6 Å². The molecular weight excluding hydrogens is 280 g/mol. The van der Waals surface area contributed by atoms with E-state index < -0.39 is 7.04 Å². The number of nitrogens with zero attached hydrogens (tertiary/aromatic N) is 4. The minimum atomic E-state index is -2.40. The van der Waals surface area contributed by atoms with Crippen molar-refractivity contribution in [3.63, 3.8) is 0 Å². The minimum absolute atomic E-state index is 0.0447. The first kappa shape index (κ1) is 10.4. The molecule has 3 rings (SSSR count). The first-order valence-electron chi connectivity index (χ1n) is 7.92. The van der Waals surface area contributed by atoms with Crippen molar-refractivity contribution in [3.05, 3.63) is 17.5 Å². The summed E-state index contributed by atoms with van der Waals surface area (Å²) in [6.07, 6.45) is 1.63. The molecule has 1 aliphatic heterocycles. The Kier molecular flexibility index (Phi) is 3.08. The van der Waals surface area contributed by atoms with Gasteiger partial charge in [0, 0.05) is 32.7 Å². The van der Waals surface area contributed by atoms with Gasteiger partial charge in [0.05, 0.1) is 35.9 Å². The lowest BCUT2D eigenvalue weighted by Gasteiger charge is -2.29. The third-order valence-electron chi connectivity index (χ3n) is 3.31. The molecule has 2 aromatic heterocycles. The van der Waals surface area contributed by atoms with Gasteiger partial charge in [0.15, 0.2) is 5.65 Å². The standard InChI is InChI=1S/C13H17ClN4O2/c1-19-5-2-18-9-15-12-10(8-11(14)16-13(12)18)17-3-6-20-7-4-17/h8-9H,2-7H2,1H3/i1D3. The Bertz CT molecular complexity index is 686. The number of rotatable bonds is 4. The van der Waals surface area contributed by atoms with Crippen molar-refractivity contribution in [3.8, 4) is 0 Å². The van der Waals surface area contributed by atoms with E-state index in [1.807, 2.05) is 0 Å². The molecule has 0 atom stereocenters. The summed E-state index contributed by atoms with van der Waals surface area (Å²) in [5.41, 5.74) is 2.28. The second-order valence-corrected chi connectivity index (χ2v) is 4.91. The zero-order valence-electron chi connectivity index (χ0n) is 13.9. The van der Waals surface area contributed by atoms with Crippen molar-refractivity contribution < 1.29 is 13.6 Å². The van der Waals surface area contributed by atoms with Gasteiger partial charge in [-0.1, -0.05) is 11.6 Å². The number of fused-ring (bicyclic) bond motifs is 1. The number of ether oxygens (including phenoxy) is 2. The van der Waals surface area contributed by atoms with Gasteiger partial charge in [-0.25, -0.2) is 9.97 Å². The molecular formula is C13H17ClN4O2. The van der Waals surface area contributed by atoms with Crippen LogP contribution in [0.2, 0.25) is 5.15 Å². The van der Waals surface area contributed by atoms with Crippen LogP contribution in [-0.2, 0) is 16.0 Å². The zero-order chi connectivity index (χ0) is 16.4. The second kappa shape index (κ2) is 5.95. The van der Waals surface area contributed by atoms with Gasteiger partial charge in [0.2, 0.25) is 0 Å². The molecule has 0 aromatic carbocycles. The summed E-state index contributed by atoms with van der Waals surface area (Å²) in [7, 11) is -2.40. The van der Waals surface area contributed by atoms with Gasteiger partial charge in [-0.15, -0.1) is 0 Å². The fourth-order valence-corrected chi connectivity index (χ4v) is 2.52. The number of hydrogen-bond donors (Lipinski definition) is 0. The molecule has 0 radical (unpaired) electrons. The predicted molar refractivity (Wildman–Crippen MR) is 77.4 cm³/mol. The van der Waals surface area contributed by atoms with Crippen LogP contribution in [0.5, 0.6) is 0 Å². The summed E-state index contributed by atoms with van der Waals surface area (Å²) < 4.78 is 33.1. The number of methoxy groups -OCH3 is 1. The molecule has 1 aliphatic rings. The summed E-state index contributed by atoms with van der Waals surface area (Å²) >= 11 is 6.15. The van der Waals surface area contributed by atoms with E-state index >= 15 is 0 Å². The summed E-state index contributed by atoms with van der Waals surface area (Å²) in [4.78, 5) is 10.9. The van der Waals surface area contributed by atoms with E-state index in [-0.39, 0.29) is 6.61 Å². The zero-order valence-corrected chi connectivity index (χ0v) is 11.6. The molecule has 1 fully saturated rings. The lowest BCUT2D eigenvalue weighted by molar-refractivity contribution is 0.123. The highest BCUT2D eigenvalue weighted by Gasteiger charge is 2.18. The van der Waals surface area contributed by atoms with E-state index in [0.717, 1.165) is 24.3 Å². The first-order valence-corrected chi connectivity index (χ1v) is 6.80. The Balaban J connectivity index is 1.86. The Hall–Kier alpha value is -1.37. The number of hydrogen-bond acceptors (Lipinski definition) is 5. The minimum Gasteiger partial charge on any atom is -0.383 e. The number of morpholine rings is 1. The SMILES string of the molecule is [2H]C([2H])([2H])OCCn1cnc2c(N3CCOCC3)cc(Cl)nc21. The molecule has 0 N–H and O–H groups in total. The Morgan fingerprint density at radius 1 is 1.50 bits per heavy atom. The van der Waals surface area contributed by atoms with Crippen LogP contribution in [0.3, 0.4) is 0 Å². The molecule has 0 unspecified atom stereocenters. The summed E-state index contributed by atoms with van der Waals surface area (Å²) in [5.74, 6) is 0. The number of pyridine rings is 1. The van der Waals surface area contributed by atoms with Crippen LogP contribution in [-0.4, -0.2) is 54.5 Å². The fourth-order valence-electron chi connectivity index (χ4n) is 2.34. The van der Waals surface area contributed by atoms with Crippen molar-refractivity contribution in [2.45, 2.75) is 6.54 Å². The highest BCUT2D eigenvalue weighted by molar-refractivity contribution is 6.30. The number of anilines is 1. The fraction of sp³-hybridized carbons (Fsp3) is 0.538. The highest BCUT2D eigenvalue weighted by Crippen LogP contribution is 2.28.